The molecule has 0 aliphatic heterocycles. The molecule has 6 nitrogen and oxygen atoms in total. The molecule has 0 atom stereocenters. The van der Waals surface area contributed by atoms with Crippen molar-refractivity contribution in [2.45, 2.75) is 13.0 Å². The molecule has 0 spiro atoms. The van der Waals surface area contributed by atoms with Crippen molar-refractivity contribution in [2.24, 2.45) is 7.05 Å². The topological polar surface area (TPSA) is 61.7 Å². The first-order chi connectivity index (χ1) is 13.0. The van der Waals surface area contributed by atoms with Crippen LogP contribution in [0.15, 0.2) is 42.6 Å². The number of benzene rings is 2. The standard InChI is InChI=1S/C21H24N2O4/c1-23-13-15(17-11-16(25-2)6-7-18(17)23)12-22-21(24)10-14-5-8-19(26-3)20(9-14)27-4/h5-9,11,13H,10,12H2,1-4H3,(H,22,24). The number of aromatic nitrogens is 1. The lowest BCUT2D eigenvalue weighted by molar-refractivity contribution is -0.120. The molecule has 0 aliphatic rings. The normalized spacial score (nSPS) is 10.7. The molecule has 2 aromatic carbocycles. The lowest BCUT2D eigenvalue weighted by atomic mass is 10.1. The second-order valence-electron chi connectivity index (χ2n) is 6.29. The summed E-state index contributed by atoms with van der Waals surface area (Å²) >= 11 is 0. The van der Waals surface area contributed by atoms with E-state index in [0.717, 1.165) is 27.8 Å². The highest BCUT2D eigenvalue weighted by molar-refractivity contribution is 5.86. The molecule has 0 fully saturated rings. The summed E-state index contributed by atoms with van der Waals surface area (Å²) in [5.74, 6) is 2.00. The summed E-state index contributed by atoms with van der Waals surface area (Å²) in [6.07, 6.45) is 2.30. The van der Waals surface area contributed by atoms with Crippen LogP contribution in [0.25, 0.3) is 10.9 Å². The fourth-order valence-corrected chi connectivity index (χ4v) is 3.15. The maximum absolute atomic E-state index is 12.4. The SMILES string of the molecule is COc1ccc2c(c1)c(CNC(=O)Cc1ccc(OC)c(OC)c1)cn2C. The highest BCUT2D eigenvalue weighted by Gasteiger charge is 2.11. The van der Waals surface area contributed by atoms with Crippen molar-refractivity contribution in [3.05, 3.63) is 53.7 Å². The Hall–Kier alpha value is -3.15. The molecular formula is C21H24N2O4. The number of nitrogens with zero attached hydrogens (tertiary/aromatic N) is 1. The Morgan fingerprint density at radius 1 is 1.00 bits per heavy atom. The van der Waals surface area contributed by atoms with Crippen LogP contribution in [-0.4, -0.2) is 31.8 Å². The molecule has 0 aliphatic carbocycles. The van der Waals surface area contributed by atoms with Gasteiger partial charge in [0.25, 0.3) is 0 Å². The molecule has 0 bridgehead atoms. The van der Waals surface area contributed by atoms with E-state index in [2.05, 4.69) is 5.32 Å². The fraction of sp³-hybridized carbons (Fsp3) is 0.286. The van der Waals surface area contributed by atoms with Crippen molar-refractivity contribution in [1.29, 1.82) is 0 Å². The van der Waals surface area contributed by atoms with Crippen LogP contribution < -0.4 is 19.5 Å². The second kappa shape index (κ2) is 8.03. The molecule has 1 aromatic heterocycles. The van der Waals surface area contributed by atoms with E-state index in [-0.39, 0.29) is 12.3 Å². The van der Waals surface area contributed by atoms with Crippen molar-refractivity contribution in [3.8, 4) is 17.2 Å². The van der Waals surface area contributed by atoms with E-state index < -0.39 is 0 Å². The molecule has 1 N–H and O–H groups in total. The monoisotopic (exact) mass is 368 g/mol. The smallest absolute Gasteiger partial charge is 0.224 e. The third kappa shape index (κ3) is 4.00. The Bertz CT molecular complexity index is 962. The summed E-state index contributed by atoms with van der Waals surface area (Å²) < 4.78 is 17.9. The van der Waals surface area contributed by atoms with Crippen LogP contribution in [-0.2, 0) is 24.8 Å². The van der Waals surface area contributed by atoms with E-state index in [4.69, 9.17) is 14.2 Å². The fourth-order valence-electron chi connectivity index (χ4n) is 3.15. The molecule has 3 rings (SSSR count). The quantitative estimate of drug-likeness (QED) is 0.696. The van der Waals surface area contributed by atoms with Crippen LogP contribution in [0.1, 0.15) is 11.1 Å². The number of hydrogen-bond acceptors (Lipinski definition) is 4. The van der Waals surface area contributed by atoms with Crippen molar-refractivity contribution < 1.29 is 19.0 Å². The number of ether oxygens (including phenoxy) is 3. The van der Waals surface area contributed by atoms with Crippen molar-refractivity contribution in [2.75, 3.05) is 21.3 Å². The first-order valence-corrected chi connectivity index (χ1v) is 8.65. The van der Waals surface area contributed by atoms with Crippen LogP contribution >= 0.6 is 0 Å². The Morgan fingerprint density at radius 3 is 2.48 bits per heavy atom. The van der Waals surface area contributed by atoms with Gasteiger partial charge in [0.1, 0.15) is 5.75 Å². The molecule has 3 aromatic rings. The van der Waals surface area contributed by atoms with Crippen molar-refractivity contribution in [1.82, 2.24) is 9.88 Å². The number of carbonyl (C=O) groups excluding carboxylic acids is 1. The van der Waals surface area contributed by atoms with Crippen LogP contribution in [0.2, 0.25) is 0 Å². The maximum Gasteiger partial charge on any atom is 0.224 e. The first-order valence-electron chi connectivity index (χ1n) is 8.65. The molecule has 1 heterocycles. The number of fused-ring (bicyclic) bond motifs is 1. The van der Waals surface area contributed by atoms with Crippen LogP contribution in [0, 0.1) is 0 Å². The number of nitrogens with one attached hydrogen (secondary N) is 1. The van der Waals surface area contributed by atoms with Gasteiger partial charge in [-0.15, -0.1) is 0 Å². The number of amides is 1. The van der Waals surface area contributed by atoms with E-state index in [1.165, 1.54) is 0 Å². The molecule has 0 radical (unpaired) electrons. The van der Waals surface area contributed by atoms with Crippen LogP contribution in [0.3, 0.4) is 0 Å². The van der Waals surface area contributed by atoms with Crippen molar-refractivity contribution >= 4 is 16.8 Å². The summed E-state index contributed by atoms with van der Waals surface area (Å²) in [5.41, 5.74) is 3.01. The number of rotatable bonds is 7. The third-order valence-corrected chi connectivity index (χ3v) is 4.57. The van der Waals surface area contributed by atoms with Crippen LogP contribution in [0.5, 0.6) is 17.2 Å². The molecule has 0 saturated carbocycles. The van der Waals surface area contributed by atoms with Gasteiger partial charge in [-0.05, 0) is 41.5 Å². The maximum atomic E-state index is 12.4. The summed E-state index contributed by atoms with van der Waals surface area (Å²) in [6, 6.07) is 11.4. The summed E-state index contributed by atoms with van der Waals surface area (Å²) in [7, 11) is 6.80. The van der Waals surface area contributed by atoms with Gasteiger partial charge in [-0.1, -0.05) is 6.07 Å². The Morgan fingerprint density at radius 2 is 1.78 bits per heavy atom. The molecule has 6 heteroatoms. The molecule has 0 saturated heterocycles. The highest BCUT2D eigenvalue weighted by Crippen LogP contribution is 2.28. The average molecular weight is 368 g/mol. The lowest BCUT2D eigenvalue weighted by Gasteiger charge is -2.10. The van der Waals surface area contributed by atoms with E-state index in [0.29, 0.717) is 18.0 Å². The zero-order valence-corrected chi connectivity index (χ0v) is 16.0. The molecule has 1 amide bonds. The number of carbonyl (C=O) groups is 1. The largest absolute Gasteiger partial charge is 0.497 e. The number of aryl methyl sites for hydroxylation is 1. The van der Waals surface area contributed by atoms with Gasteiger partial charge >= 0.3 is 0 Å². The average Bonchev–Trinajstić information content (AvgIpc) is 3.01. The molecule has 0 unspecified atom stereocenters. The summed E-state index contributed by atoms with van der Waals surface area (Å²) in [6.45, 7) is 0.455. The zero-order chi connectivity index (χ0) is 19.4. The van der Waals surface area contributed by atoms with Gasteiger partial charge in [0.15, 0.2) is 11.5 Å². The van der Waals surface area contributed by atoms with Crippen LogP contribution in [0.4, 0.5) is 0 Å². The van der Waals surface area contributed by atoms with Gasteiger partial charge in [-0.2, -0.15) is 0 Å². The molecular weight excluding hydrogens is 344 g/mol. The first kappa shape index (κ1) is 18.6. The lowest BCUT2D eigenvalue weighted by Crippen LogP contribution is -2.24. The Kier molecular flexibility index (Phi) is 5.54. The zero-order valence-electron chi connectivity index (χ0n) is 16.0. The highest BCUT2D eigenvalue weighted by atomic mass is 16.5. The van der Waals surface area contributed by atoms with Gasteiger partial charge in [0, 0.05) is 30.7 Å². The van der Waals surface area contributed by atoms with Gasteiger partial charge in [-0.25, -0.2) is 0 Å². The van der Waals surface area contributed by atoms with Gasteiger partial charge in [-0.3, -0.25) is 4.79 Å². The van der Waals surface area contributed by atoms with Gasteiger partial charge in [0.05, 0.1) is 27.8 Å². The number of methoxy groups -OCH3 is 3. The third-order valence-electron chi connectivity index (χ3n) is 4.57. The summed E-state index contributed by atoms with van der Waals surface area (Å²) in [4.78, 5) is 12.4. The van der Waals surface area contributed by atoms with E-state index in [9.17, 15) is 4.79 Å². The van der Waals surface area contributed by atoms with E-state index in [1.807, 2.05) is 48.1 Å². The predicted octanol–water partition coefficient (Wildman–Crippen LogP) is 3.06. The molecule has 142 valence electrons. The molecule has 27 heavy (non-hydrogen) atoms. The Labute approximate surface area is 158 Å². The minimum absolute atomic E-state index is 0.0536. The number of hydrogen-bond donors (Lipinski definition) is 1. The predicted molar refractivity (Wildman–Crippen MR) is 105 cm³/mol. The van der Waals surface area contributed by atoms with Gasteiger partial charge in [0.2, 0.25) is 5.91 Å². The summed E-state index contributed by atoms with van der Waals surface area (Å²) in [5, 5.41) is 4.06. The van der Waals surface area contributed by atoms with Crippen molar-refractivity contribution in [3.63, 3.8) is 0 Å². The minimum Gasteiger partial charge on any atom is -0.497 e. The minimum atomic E-state index is -0.0536. The van der Waals surface area contributed by atoms with E-state index >= 15 is 0 Å². The Balaban J connectivity index is 1.70. The van der Waals surface area contributed by atoms with Gasteiger partial charge < -0.3 is 24.1 Å². The second-order valence-corrected chi connectivity index (χ2v) is 6.29. The van der Waals surface area contributed by atoms with E-state index in [1.54, 1.807) is 27.4 Å².